The standard InChI is InChI=1S/C43H46N6O3Si/c1-43(2,3)53(4,5)52-38-26-28(13-16-33(38)42-50-24-25-51-42)21-23-45-36-18-14-30-27-31(15-17-32(30)36)49-40(34-12-9-22-46-39(34)44)48-37-20-19-35(47-41(37)49)29-10-7-6-8-11-29/h6-13,15-17,19-20,22,24-27,36,42,45H,14,18,21,23H2,1-5H3,(H2,44,46). The lowest BCUT2D eigenvalue weighted by atomic mass is 10.1. The molecule has 2 aliphatic rings. The second-order valence-electron chi connectivity index (χ2n) is 15.4. The monoisotopic (exact) mass is 722 g/mol. The van der Waals surface area contributed by atoms with Crippen LogP contribution in [0.3, 0.4) is 0 Å². The van der Waals surface area contributed by atoms with Gasteiger partial charge in [-0.3, -0.25) is 4.57 Å². The van der Waals surface area contributed by atoms with Crippen LogP contribution >= 0.6 is 0 Å². The zero-order valence-electron chi connectivity index (χ0n) is 31.0. The van der Waals surface area contributed by atoms with Crippen LogP contribution < -0.4 is 15.5 Å². The molecule has 8 rings (SSSR count). The van der Waals surface area contributed by atoms with Crippen molar-refractivity contribution in [3.63, 3.8) is 0 Å². The molecule has 53 heavy (non-hydrogen) atoms. The quantitative estimate of drug-likeness (QED) is 0.135. The summed E-state index contributed by atoms with van der Waals surface area (Å²) in [6.07, 6.45) is 7.28. The van der Waals surface area contributed by atoms with Crippen LogP contribution in [0.25, 0.3) is 39.5 Å². The first-order valence-corrected chi connectivity index (χ1v) is 21.3. The summed E-state index contributed by atoms with van der Waals surface area (Å²) in [7, 11) is -2.09. The second-order valence-corrected chi connectivity index (χ2v) is 20.1. The predicted octanol–water partition coefficient (Wildman–Crippen LogP) is 9.45. The van der Waals surface area contributed by atoms with Crippen LogP contribution in [0.5, 0.6) is 5.75 Å². The molecular formula is C43H46N6O3Si. The van der Waals surface area contributed by atoms with E-state index in [0.717, 1.165) is 76.6 Å². The Bertz CT molecular complexity index is 2310. The van der Waals surface area contributed by atoms with E-state index >= 15 is 0 Å². The molecule has 3 aromatic carbocycles. The molecular weight excluding hydrogens is 677 g/mol. The first-order chi connectivity index (χ1) is 25.6. The number of imidazole rings is 1. The molecule has 0 spiro atoms. The lowest BCUT2D eigenvalue weighted by molar-refractivity contribution is -0.0256. The van der Waals surface area contributed by atoms with Crippen molar-refractivity contribution < 1.29 is 13.9 Å². The summed E-state index contributed by atoms with van der Waals surface area (Å²) in [6.45, 7) is 12.1. The highest BCUT2D eigenvalue weighted by molar-refractivity contribution is 6.74. The van der Waals surface area contributed by atoms with Crippen molar-refractivity contribution in [1.29, 1.82) is 0 Å². The number of hydrogen-bond donors (Lipinski definition) is 2. The van der Waals surface area contributed by atoms with Gasteiger partial charge in [0.1, 0.15) is 29.6 Å². The van der Waals surface area contributed by atoms with Gasteiger partial charge in [0.2, 0.25) is 8.32 Å². The number of nitrogens with two attached hydrogens (primary N) is 1. The molecule has 0 radical (unpaired) electrons. The number of rotatable bonds is 10. The van der Waals surface area contributed by atoms with Crippen molar-refractivity contribution in [3.8, 4) is 34.1 Å². The lowest BCUT2D eigenvalue weighted by Gasteiger charge is -2.37. The van der Waals surface area contributed by atoms with Crippen molar-refractivity contribution >= 4 is 25.3 Å². The summed E-state index contributed by atoms with van der Waals surface area (Å²) < 4.78 is 20.4. The summed E-state index contributed by atoms with van der Waals surface area (Å²) in [5.74, 6) is 2.01. The highest BCUT2D eigenvalue weighted by Crippen LogP contribution is 2.41. The number of nitrogen functional groups attached to an aromatic ring is 1. The van der Waals surface area contributed by atoms with E-state index in [2.05, 4.69) is 97.3 Å². The number of nitrogens with zero attached hydrogens (tertiary/aromatic N) is 4. The summed E-state index contributed by atoms with van der Waals surface area (Å²) in [4.78, 5) is 14.6. The maximum absolute atomic E-state index is 6.83. The Kier molecular flexibility index (Phi) is 9.04. The fourth-order valence-corrected chi connectivity index (χ4v) is 7.97. The molecule has 1 atom stereocenters. The number of benzene rings is 3. The minimum absolute atomic E-state index is 0.0630. The van der Waals surface area contributed by atoms with E-state index < -0.39 is 14.6 Å². The maximum atomic E-state index is 6.83. The fourth-order valence-electron chi connectivity index (χ4n) is 6.94. The molecule has 4 heterocycles. The number of pyridine rings is 2. The first-order valence-electron chi connectivity index (χ1n) is 18.4. The van der Waals surface area contributed by atoms with Gasteiger partial charge in [0, 0.05) is 23.5 Å². The first kappa shape index (κ1) is 34.6. The van der Waals surface area contributed by atoms with Crippen LogP contribution in [0.2, 0.25) is 18.1 Å². The number of nitrogens with one attached hydrogen (secondary N) is 1. The molecule has 0 fully saturated rings. The van der Waals surface area contributed by atoms with Crippen molar-refractivity contribution in [2.45, 2.75) is 70.5 Å². The normalized spacial score (nSPS) is 15.8. The highest BCUT2D eigenvalue weighted by Gasteiger charge is 2.40. The molecule has 3 N–H and O–H groups in total. The predicted molar refractivity (Wildman–Crippen MR) is 213 cm³/mol. The minimum Gasteiger partial charge on any atom is -0.543 e. The van der Waals surface area contributed by atoms with Crippen molar-refractivity contribution in [2.75, 3.05) is 12.3 Å². The largest absolute Gasteiger partial charge is 0.543 e. The Morgan fingerprint density at radius 2 is 1.70 bits per heavy atom. The smallest absolute Gasteiger partial charge is 0.269 e. The summed E-state index contributed by atoms with van der Waals surface area (Å²) in [5.41, 5.74) is 16.5. The van der Waals surface area contributed by atoms with E-state index in [1.165, 1.54) is 16.7 Å². The van der Waals surface area contributed by atoms with Gasteiger partial charge >= 0.3 is 0 Å². The van der Waals surface area contributed by atoms with Crippen LogP contribution in [-0.2, 0) is 22.3 Å². The molecule has 0 saturated heterocycles. The van der Waals surface area contributed by atoms with Crippen LogP contribution in [0.4, 0.5) is 5.82 Å². The Hall–Kier alpha value is -5.45. The number of ether oxygens (including phenoxy) is 2. The van der Waals surface area contributed by atoms with E-state index in [-0.39, 0.29) is 11.1 Å². The molecule has 270 valence electrons. The topological polar surface area (TPSA) is 109 Å². The van der Waals surface area contributed by atoms with Crippen LogP contribution in [0, 0.1) is 0 Å². The molecule has 10 heteroatoms. The third-order valence-corrected chi connectivity index (χ3v) is 15.2. The van der Waals surface area contributed by atoms with E-state index in [1.54, 1.807) is 18.7 Å². The number of aryl methyl sites for hydroxylation is 1. The molecule has 6 aromatic rings. The summed E-state index contributed by atoms with van der Waals surface area (Å²) >= 11 is 0. The van der Waals surface area contributed by atoms with Gasteiger partial charge in [-0.25, -0.2) is 15.0 Å². The Morgan fingerprint density at radius 3 is 2.47 bits per heavy atom. The third kappa shape index (κ3) is 6.80. The number of anilines is 1. The van der Waals surface area contributed by atoms with Gasteiger partial charge < -0.3 is 25.0 Å². The number of fused-ring (bicyclic) bond motifs is 2. The molecule has 0 saturated carbocycles. The van der Waals surface area contributed by atoms with Crippen molar-refractivity contribution in [3.05, 3.63) is 132 Å². The van der Waals surface area contributed by atoms with E-state index in [1.807, 2.05) is 42.5 Å². The van der Waals surface area contributed by atoms with E-state index in [4.69, 9.17) is 29.6 Å². The average molecular weight is 723 g/mol. The van der Waals surface area contributed by atoms with Crippen molar-refractivity contribution in [1.82, 2.24) is 24.8 Å². The van der Waals surface area contributed by atoms with Crippen LogP contribution in [0.15, 0.2) is 110 Å². The van der Waals surface area contributed by atoms with Gasteiger partial charge in [-0.05, 0) is 109 Å². The second kappa shape index (κ2) is 13.8. The molecule has 3 aromatic heterocycles. The molecule has 1 aliphatic carbocycles. The summed E-state index contributed by atoms with van der Waals surface area (Å²) in [6, 6.07) is 31.6. The zero-order chi connectivity index (χ0) is 36.7. The Balaban J connectivity index is 1.05. The van der Waals surface area contributed by atoms with Gasteiger partial charge in [-0.15, -0.1) is 0 Å². The lowest BCUT2D eigenvalue weighted by Crippen LogP contribution is -2.44. The highest BCUT2D eigenvalue weighted by atomic mass is 28.4. The zero-order valence-corrected chi connectivity index (χ0v) is 32.0. The Morgan fingerprint density at radius 1 is 0.906 bits per heavy atom. The third-order valence-electron chi connectivity index (χ3n) is 10.9. The fraction of sp³-hybridized carbons (Fsp3) is 0.279. The molecule has 1 aliphatic heterocycles. The molecule has 1 unspecified atom stereocenters. The van der Waals surface area contributed by atoms with Crippen molar-refractivity contribution in [2.24, 2.45) is 0 Å². The molecule has 0 bridgehead atoms. The molecule has 9 nitrogen and oxygen atoms in total. The van der Waals surface area contributed by atoms with E-state index in [0.29, 0.717) is 5.82 Å². The number of aromatic nitrogens is 4. The minimum atomic E-state index is -2.09. The van der Waals surface area contributed by atoms with Gasteiger partial charge in [-0.2, -0.15) is 0 Å². The average Bonchev–Trinajstić information content (AvgIpc) is 3.91. The van der Waals surface area contributed by atoms with Gasteiger partial charge in [0.05, 0.1) is 16.8 Å². The Labute approximate surface area is 312 Å². The van der Waals surface area contributed by atoms with Crippen LogP contribution in [0.1, 0.15) is 61.8 Å². The van der Waals surface area contributed by atoms with E-state index in [9.17, 15) is 0 Å². The SMILES string of the molecule is CC(C)(C)[Si](C)(C)Oc1cc(CCNC2CCc3cc(-n4c(-c5cccnc5N)nc5ccc(-c6ccccc6)nc54)ccc32)ccc1C1OC=CO1. The van der Waals surface area contributed by atoms with Gasteiger partial charge in [0.15, 0.2) is 11.5 Å². The van der Waals surface area contributed by atoms with Gasteiger partial charge in [0.25, 0.3) is 6.29 Å². The maximum Gasteiger partial charge on any atom is 0.269 e. The molecule has 0 amide bonds. The van der Waals surface area contributed by atoms with Gasteiger partial charge in [-0.1, -0.05) is 63.2 Å². The summed E-state index contributed by atoms with van der Waals surface area (Å²) in [5, 5.41) is 3.92. The number of hydrogen-bond acceptors (Lipinski definition) is 8. The van der Waals surface area contributed by atoms with Crippen LogP contribution in [-0.4, -0.2) is 34.4 Å².